The Labute approximate surface area is 120 Å². The molecule has 104 valence electrons. The van der Waals surface area contributed by atoms with Crippen molar-refractivity contribution < 1.29 is 4.79 Å². The summed E-state index contributed by atoms with van der Waals surface area (Å²) >= 11 is 4.93. The lowest BCUT2D eigenvalue weighted by Crippen LogP contribution is -2.46. The van der Waals surface area contributed by atoms with E-state index in [0.717, 1.165) is 12.0 Å². The van der Waals surface area contributed by atoms with E-state index in [2.05, 4.69) is 0 Å². The number of hydrogen-bond acceptors (Lipinski definition) is 2. The highest BCUT2D eigenvalue weighted by atomic mass is 32.1. The van der Waals surface area contributed by atoms with Crippen molar-refractivity contribution in [2.24, 2.45) is 5.73 Å². The van der Waals surface area contributed by atoms with Gasteiger partial charge in [-0.05, 0) is 25.8 Å². The van der Waals surface area contributed by atoms with Crippen molar-refractivity contribution in [3.63, 3.8) is 0 Å². The fourth-order valence-electron chi connectivity index (χ4n) is 2.08. The molecule has 1 rings (SSSR count). The Kier molecular flexibility index (Phi) is 5.48. The van der Waals surface area contributed by atoms with Crippen molar-refractivity contribution in [1.82, 2.24) is 4.90 Å². The van der Waals surface area contributed by atoms with Gasteiger partial charge in [0.15, 0.2) is 0 Å². The van der Waals surface area contributed by atoms with Gasteiger partial charge in [0.25, 0.3) is 0 Å². The summed E-state index contributed by atoms with van der Waals surface area (Å²) < 4.78 is 0. The number of nitrogens with two attached hydrogens (primary N) is 1. The fraction of sp³-hybridized carbons (Fsp3) is 0.467. The summed E-state index contributed by atoms with van der Waals surface area (Å²) in [5.41, 5.74) is 6.02. The van der Waals surface area contributed by atoms with Gasteiger partial charge in [-0.25, -0.2) is 0 Å². The van der Waals surface area contributed by atoms with E-state index >= 15 is 0 Å². The van der Waals surface area contributed by atoms with Gasteiger partial charge in [0.1, 0.15) is 0 Å². The third-order valence-corrected chi connectivity index (χ3v) is 3.29. The lowest BCUT2D eigenvalue weighted by Gasteiger charge is -2.32. The molecule has 1 aromatic carbocycles. The van der Waals surface area contributed by atoms with Gasteiger partial charge in [0.2, 0.25) is 5.91 Å². The maximum absolute atomic E-state index is 12.7. The fourth-order valence-corrected chi connectivity index (χ4v) is 2.24. The largest absolute Gasteiger partial charge is 0.392 e. The molecule has 3 nitrogen and oxygen atoms in total. The van der Waals surface area contributed by atoms with E-state index in [4.69, 9.17) is 18.0 Å². The molecule has 4 heteroatoms. The van der Waals surface area contributed by atoms with Gasteiger partial charge in [0, 0.05) is 6.54 Å². The molecule has 0 aliphatic rings. The first-order valence-electron chi connectivity index (χ1n) is 6.52. The smallest absolute Gasteiger partial charge is 0.233 e. The van der Waals surface area contributed by atoms with E-state index in [-0.39, 0.29) is 5.91 Å². The predicted molar refractivity (Wildman–Crippen MR) is 83.1 cm³/mol. The molecule has 0 saturated heterocycles. The lowest BCUT2D eigenvalue weighted by atomic mass is 9.83. The van der Waals surface area contributed by atoms with Crippen LogP contribution in [0.15, 0.2) is 30.3 Å². The Morgan fingerprint density at radius 2 is 1.89 bits per heavy atom. The number of carbonyl (C=O) groups is 1. The van der Waals surface area contributed by atoms with Crippen LogP contribution >= 0.6 is 12.2 Å². The van der Waals surface area contributed by atoms with Crippen molar-refractivity contribution in [3.05, 3.63) is 35.9 Å². The lowest BCUT2D eigenvalue weighted by molar-refractivity contribution is -0.135. The summed E-state index contributed by atoms with van der Waals surface area (Å²) in [4.78, 5) is 14.8. The van der Waals surface area contributed by atoms with Crippen LogP contribution in [-0.2, 0) is 10.2 Å². The highest BCUT2D eigenvalue weighted by molar-refractivity contribution is 7.80. The van der Waals surface area contributed by atoms with Gasteiger partial charge in [-0.3, -0.25) is 4.79 Å². The first-order chi connectivity index (χ1) is 8.89. The molecule has 0 fully saturated rings. The van der Waals surface area contributed by atoms with Crippen LogP contribution in [0.3, 0.4) is 0 Å². The predicted octanol–water partition coefficient (Wildman–Crippen LogP) is 2.49. The number of thiocarbonyl (C=S) groups is 1. The maximum atomic E-state index is 12.7. The number of amides is 1. The van der Waals surface area contributed by atoms with E-state index in [0.29, 0.717) is 18.1 Å². The molecule has 0 unspecified atom stereocenters. The van der Waals surface area contributed by atoms with Crippen molar-refractivity contribution in [1.29, 1.82) is 0 Å². The summed E-state index contributed by atoms with van der Waals surface area (Å²) in [5.74, 6) is 0.0633. The Hall–Kier alpha value is -1.42. The molecular weight excluding hydrogens is 256 g/mol. The summed E-state index contributed by atoms with van der Waals surface area (Å²) in [6.45, 7) is 6.93. The van der Waals surface area contributed by atoms with Gasteiger partial charge in [0.05, 0.1) is 16.9 Å². The molecule has 2 N–H and O–H groups in total. The molecule has 0 spiro atoms. The van der Waals surface area contributed by atoms with Gasteiger partial charge in [-0.2, -0.15) is 0 Å². The summed E-state index contributed by atoms with van der Waals surface area (Å²) in [6, 6.07) is 9.79. The Balaban J connectivity index is 2.97. The molecule has 0 saturated carbocycles. The highest BCUT2D eigenvalue weighted by Gasteiger charge is 2.33. The average molecular weight is 278 g/mol. The topological polar surface area (TPSA) is 46.3 Å². The van der Waals surface area contributed by atoms with Crippen LogP contribution in [0.5, 0.6) is 0 Å². The van der Waals surface area contributed by atoms with Gasteiger partial charge < -0.3 is 10.6 Å². The van der Waals surface area contributed by atoms with Crippen LogP contribution in [0.1, 0.15) is 32.8 Å². The Morgan fingerprint density at radius 3 is 2.37 bits per heavy atom. The van der Waals surface area contributed by atoms with Gasteiger partial charge in [-0.15, -0.1) is 0 Å². The molecule has 19 heavy (non-hydrogen) atoms. The third kappa shape index (κ3) is 4.03. The molecule has 1 aromatic rings. The second-order valence-electron chi connectivity index (χ2n) is 5.18. The molecule has 0 aliphatic heterocycles. The van der Waals surface area contributed by atoms with Crippen molar-refractivity contribution in [2.75, 3.05) is 13.1 Å². The molecular formula is C15H22N2OS. The normalized spacial score (nSPS) is 11.1. The molecule has 0 aliphatic carbocycles. The van der Waals surface area contributed by atoms with Crippen molar-refractivity contribution in [2.45, 2.75) is 32.6 Å². The zero-order valence-corrected chi connectivity index (χ0v) is 12.7. The van der Waals surface area contributed by atoms with Crippen LogP contribution in [0.2, 0.25) is 0 Å². The molecule has 0 bridgehead atoms. The van der Waals surface area contributed by atoms with E-state index in [1.807, 2.05) is 51.1 Å². The van der Waals surface area contributed by atoms with E-state index in [1.54, 1.807) is 4.90 Å². The van der Waals surface area contributed by atoms with E-state index < -0.39 is 5.41 Å². The molecule has 1 amide bonds. The first-order valence-corrected chi connectivity index (χ1v) is 6.93. The monoisotopic (exact) mass is 278 g/mol. The average Bonchev–Trinajstić information content (AvgIpc) is 2.38. The summed E-state index contributed by atoms with van der Waals surface area (Å²) in [6.07, 6.45) is 0.888. The zero-order chi connectivity index (χ0) is 14.5. The third-order valence-electron chi connectivity index (χ3n) is 3.16. The zero-order valence-electron chi connectivity index (χ0n) is 11.8. The minimum absolute atomic E-state index is 0.0633. The minimum atomic E-state index is -0.568. The molecule has 0 radical (unpaired) electrons. The van der Waals surface area contributed by atoms with Gasteiger partial charge in [-0.1, -0.05) is 49.5 Å². The van der Waals surface area contributed by atoms with Crippen LogP contribution in [0.25, 0.3) is 0 Å². The second kappa shape index (κ2) is 6.66. The standard InChI is InChI=1S/C15H22N2OS/c1-4-10-17(11-13(16)19)14(18)15(2,3)12-8-6-5-7-9-12/h5-9H,4,10-11H2,1-3H3,(H2,16,19). The quantitative estimate of drug-likeness (QED) is 0.813. The van der Waals surface area contributed by atoms with Gasteiger partial charge >= 0.3 is 0 Å². The van der Waals surface area contributed by atoms with E-state index in [9.17, 15) is 4.79 Å². The number of carbonyl (C=O) groups excluding carboxylic acids is 1. The first kappa shape index (κ1) is 15.6. The highest BCUT2D eigenvalue weighted by Crippen LogP contribution is 2.25. The van der Waals surface area contributed by atoms with E-state index in [1.165, 1.54) is 0 Å². The summed E-state index contributed by atoms with van der Waals surface area (Å²) in [5, 5.41) is 0. The molecule has 0 heterocycles. The summed E-state index contributed by atoms with van der Waals surface area (Å²) in [7, 11) is 0. The maximum Gasteiger partial charge on any atom is 0.233 e. The van der Waals surface area contributed by atoms with Crippen LogP contribution in [0, 0.1) is 0 Å². The number of hydrogen-bond donors (Lipinski definition) is 1. The molecule has 0 aromatic heterocycles. The number of benzene rings is 1. The SMILES string of the molecule is CCCN(CC(N)=S)C(=O)C(C)(C)c1ccccc1. The van der Waals surface area contributed by atoms with Crippen molar-refractivity contribution >= 4 is 23.1 Å². The van der Waals surface area contributed by atoms with Crippen LogP contribution in [-0.4, -0.2) is 28.9 Å². The van der Waals surface area contributed by atoms with Crippen LogP contribution in [0.4, 0.5) is 0 Å². The van der Waals surface area contributed by atoms with Crippen LogP contribution < -0.4 is 5.73 Å². The van der Waals surface area contributed by atoms with Crippen molar-refractivity contribution in [3.8, 4) is 0 Å². The molecule has 0 atom stereocenters. The second-order valence-corrected chi connectivity index (χ2v) is 5.71. The Bertz CT molecular complexity index is 443. The minimum Gasteiger partial charge on any atom is -0.392 e. The Morgan fingerprint density at radius 1 is 1.32 bits per heavy atom. The number of nitrogens with zero attached hydrogens (tertiary/aromatic N) is 1. The number of rotatable bonds is 6.